The molecule has 0 saturated carbocycles. The Kier molecular flexibility index (Phi) is 7.81. The number of halogens is 2. The zero-order valence-corrected chi connectivity index (χ0v) is 22.1. The van der Waals surface area contributed by atoms with E-state index in [0.717, 1.165) is 5.56 Å². The summed E-state index contributed by atoms with van der Waals surface area (Å²) in [5.74, 6) is -0.278. The van der Waals surface area contributed by atoms with Gasteiger partial charge in [-0.25, -0.2) is 4.79 Å². The SMILES string of the molecule is Nc1c(Br)cc(C(=O)CCC(=O)N2CCC(n3c(O)c(Cc4ccccc4)[nH]c3=O)CC2)cc1Br. The van der Waals surface area contributed by atoms with Gasteiger partial charge in [-0.1, -0.05) is 30.3 Å². The highest BCUT2D eigenvalue weighted by atomic mass is 79.9. The second-order valence-corrected chi connectivity index (χ2v) is 10.4. The Hall–Kier alpha value is -2.85. The van der Waals surface area contributed by atoms with Crippen molar-refractivity contribution in [3.05, 3.63) is 78.7 Å². The molecule has 2 heterocycles. The summed E-state index contributed by atoms with van der Waals surface area (Å²) in [5, 5.41) is 10.7. The summed E-state index contributed by atoms with van der Waals surface area (Å²) >= 11 is 6.67. The predicted molar refractivity (Wildman–Crippen MR) is 141 cm³/mol. The van der Waals surface area contributed by atoms with E-state index in [1.807, 2.05) is 30.3 Å². The number of anilines is 1. The van der Waals surface area contributed by atoms with Crippen LogP contribution in [0.5, 0.6) is 5.88 Å². The summed E-state index contributed by atoms with van der Waals surface area (Å²) in [6.07, 6.45) is 1.74. The van der Waals surface area contributed by atoms with Gasteiger partial charge in [0.1, 0.15) is 0 Å². The molecule has 184 valence electrons. The van der Waals surface area contributed by atoms with E-state index in [1.54, 1.807) is 17.0 Å². The highest BCUT2D eigenvalue weighted by molar-refractivity contribution is 9.11. The highest BCUT2D eigenvalue weighted by Gasteiger charge is 2.28. The third-order valence-corrected chi connectivity index (χ3v) is 7.66. The molecule has 3 aromatic rings. The number of imidazole rings is 1. The van der Waals surface area contributed by atoms with Gasteiger partial charge in [0.2, 0.25) is 11.8 Å². The van der Waals surface area contributed by atoms with Crippen LogP contribution in [-0.4, -0.2) is 44.3 Å². The van der Waals surface area contributed by atoms with Crippen molar-refractivity contribution < 1.29 is 14.7 Å². The van der Waals surface area contributed by atoms with Crippen molar-refractivity contribution in [2.75, 3.05) is 18.8 Å². The molecule has 4 N–H and O–H groups in total. The number of piperidine rings is 1. The first-order chi connectivity index (χ1) is 16.7. The van der Waals surface area contributed by atoms with Crippen LogP contribution in [0.15, 0.2) is 56.2 Å². The molecule has 35 heavy (non-hydrogen) atoms. The molecule has 1 aromatic heterocycles. The van der Waals surface area contributed by atoms with Crippen LogP contribution in [0.1, 0.15) is 53.3 Å². The molecule has 0 radical (unpaired) electrons. The third-order valence-electron chi connectivity index (χ3n) is 6.35. The quantitative estimate of drug-likeness (QED) is 0.272. The summed E-state index contributed by atoms with van der Waals surface area (Å²) in [7, 11) is 0. The normalized spacial score (nSPS) is 14.3. The molecule has 1 fully saturated rings. The van der Waals surface area contributed by atoms with E-state index in [2.05, 4.69) is 36.8 Å². The maximum Gasteiger partial charge on any atom is 0.328 e. The van der Waals surface area contributed by atoms with E-state index in [1.165, 1.54) is 4.57 Å². The van der Waals surface area contributed by atoms with Gasteiger partial charge in [0, 0.05) is 52.9 Å². The lowest BCUT2D eigenvalue weighted by Gasteiger charge is -2.32. The number of hydrogen-bond donors (Lipinski definition) is 3. The van der Waals surface area contributed by atoms with Crippen LogP contribution in [0.3, 0.4) is 0 Å². The van der Waals surface area contributed by atoms with E-state index in [0.29, 0.717) is 58.2 Å². The molecule has 4 rings (SSSR count). The Morgan fingerprint density at radius 3 is 2.31 bits per heavy atom. The number of aromatic hydroxyl groups is 1. The molecule has 1 aliphatic rings. The number of Topliss-reactive ketones (excluding diaryl/α,β-unsaturated/α-hetero) is 1. The number of carbonyl (C=O) groups is 2. The Morgan fingerprint density at radius 1 is 1.06 bits per heavy atom. The number of amides is 1. The number of rotatable bonds is 7. The van der Waals surface area contributed by atoms with E-state index in [9.17, 15) is 19.5 Å². The monoisotopic (exact) mass is 604 g/mol. The average molecular weight is 606 g/mol. The topological polar surface area (TPSA) is 121 Å². The molecule has 0 aliphatic carbocycles. The lowest BCUT2D eigenvalue weighted by molar-refractivity contribution is -0.132. The number of nitrogen functional groups attached to an aromatic ring is 1. The van der Waals surface area contributed by atoms with Crippen LogP contribution in [0, 0.1) is 0 Å². The fourth-order valence-corrected chi connectivity index (χ4v) is 5.58. The van der Waals surface area contributed by atoms with Crippen molar-refractivity contribution in [1.82, 2.24) is 14.5 Å². The largest absolute Gasteiger partial charge is 0.493 e. The molecule has 10 heteroatoms. The number of benzene rings is 2. The fraction of sp³-hybridized carbons (Fsp3) is 0.320. The number of ketones is 1. The van der Waals surface area contributed by atoms with Gasteiger partial charge in [-0.2, -0.15) is 0 Å². The number of likely N-dealkylation sites (tertiary alicyclic amines) is 1. The number of carbonyl (C=O) groups excluding carboxylic acids is 2. The van der Waals surface area contributed by atoms with Crippen molar-refractivity contribution in [3.63, 3.8) is 0 Å². The van der Waals surface area contributed by atoms with Crippen LogP contribution in [0.25, 0.3) is 0 Å². The first kappa shape index (κ1) is 25.2. The Bertz CT molecular complexity index is 1270. The zero-order valence-electron chi connectivity index (χ0n) is 19.0. The fourth-order valence-electron chi connectivity index (χ4n) is 4.39. The van der Waals surface area contributed by atoms with Crippen LogP contribution in [0.2, 0.25) is 0 Å². The second kappa shape index (κ2) is 10.8. The van der Waals surface area contributed by atoms with Gasteiger partial charge in [-0.15, -0.1) is 0 Å². The Balaban J connectivity index is 1.33. The zero-order chi connectivity index (χ0) is 25.1. The Labute approximate surface area is 219 Å². The summed E-state index contributed by atoms with van der Waals surface area (Å²) in [4.78, 5) is 42.3. The van der Waals surface area contributed by atoms with Crippen LogP contribution >= 0.6 is 31.9 Å². The Morgan fingerprint density at radius 2 is 1.69 bits per heavy atom. The van der Waals surface area contributed by atoms with E-state index >= 15 is 0 Å². The maximum atomic E-state index is 12.7. The summed E-state index contributed by atoms with van der Waals surface area (Å²) < 4.78 is 2.65. The third kappa shape index (κ3) is 5.70. The smallest absolute Gasteiger partial charge is 0.328 e. The summed E-state index contributed by atoms with van der Waals surface area (Å²) in [5.41, 5.74) is 8.01. The number of nitrogens with one attached hydrogen (secondary N) is 1. The number of hydrogen-bond acceptors (Lipinski definition) is 5. The minimum absolute atomic E-state index is 0.0463. The minimum atomic E-state index is -0.343. The standard InChI is InChI=1S/C25H26Br2N4O4/c26-18-13-16(14-19(27)23(18)28)21(32)6-7-22(33)30-10-8-17(9-11-30)31-24(34)20(29-25(31)35)12-15-4-2-1-3-5-15/h1-5,13-14,17,34H,6-12,28H2,(H,29,35). The molecular formula is C25H26Br2N4O4. The number of aromatic nitrogens is 2. The van der Waals surface area contributed by atoms with Crippen molar-refractivity contribution >= 4 is 49.2 Å². The maximum absolute atomic E-state index is 12.7. The van der Waals surface area contributed by atoms with Crippen LogP contribution in [-0.2, 0) is 11.2 Å². The van der Waals surface area contributed by atoms with Crippen LogP contribution in [0.4, 0.5) is 5.69 Å². The molecule has 1 amide bonds. The molecule has 0 bridgehead atoms. The molecule has 2 aromatic carbocycles. The molecule has 8 nitrogen and oxygen atoms in total. The molecule has 1 aliphatic heterocycles. The second-order valence-electron chi connectivity index (χ2n) is 8.65. The molecule has 0 atom stereocenters. The van der Waals surface area contributed by atoms with Crippen molar-refractivity contribution in [2.45, 2.75) is 38.1 Å². The van der Waals surface area contributed by atoms with E-state index < -0.39 is 0 Å². The van der Waals surface area contributed by atoms with Gasteiger partial charge in [0.15, 0.2) is 5.78 Å². The number of nitrogens with zero attached hydrogens (tertiary/aromatic N) is 2. The van der Waals surface area contributed by atoms with Crippen molar-refractivity contribution in [1.29, 1.82) is 0 Å². The van der Waals surface area contributed by atoms with Gasteiger partial charge >= 0.3 is 5.69 Å². The highest BCUT2D eigenvalue weighted by Crippen LogP contribution is 2.31. The van der Waals surface area contributed by atoms with Crippen molar-refractivity contribution in [3.8, 4) is 5.88 Å². The number of nitrogens with two attached hydrogens (primary N) is 1. The van der Waals surface area contributed by atoms with E-state index in [-0.39, 0.29) is 42.1 Å². The van der Waals surface area contributed by atoms with Gasteiger partial charge in [-0.3, -0.25) is 14.2 Å². The molecular weight excluding hydrogens is 580 g/mol. The van der Waals surface area contributed by atoms with Gasteiger partial charge < -0.3 is 20.7 Å². The summed E-state index contributed by atoms with van der Waals surface area (Å²) in [6.45, 7) is 0.920. The van der Waals surface area contributed by atoms with Crippen molar-refractivity contribution in [2.24, 2.45) is 0 Å². The average Bonchev–Trinajstić information content (AvgIpc) is 3.13. The number of aromatic amines is 1. The molecule has 0 unspecified atom stereocenters. The summed E-state index contributed by atoms with van der Waals surface area (Å²) in [6, 6.07) is 12.7. The molecule has 0 spiro atoms. The van der Waals surface area contributed by atoms with Crippen LogP contribution < -0.4 is 11.4 Å². The van der Waals surface area contributed by atoms with Gasteiger partial charge in [-0.05, 0) is 62.4 Å². The van der Waals surface area contributed by atoms with Gasteiger partial charge in [0.25, 0.3) is 0 Å². The van der Waals surface area contributed by atoms with E-state index in [4.69, 9.17) is 5.73 Å². The minimum Gasteiger partial charge on any atom is -0.493 e. The predicted octanol–water partition coefficient (Wildman–Crippen LogP) is 4.41. The molecule has 1 saturated heterocycles. The lowest BCUT2D eigenvalue weighted by Crippen LogP contribution is -2.40. The first-order valence-corrected chi connectivity index (χ1v) is 12.9. The lowest BCUT2D eigenvalue weighted by atomic mass is 10.0. The number of H-pyrrole nitrogens is 1. The van der Waals surface area contributed by atoms with Gasteiger partial charge in [0.05, 0.1) is 11.4 Å². The first-order valence-electron chi connectivity index (χ1n) is 11.4.